The Morgan fingerprint density at radius 1 is 0.733 bits per heavy atom. The fourth-order valence-electron chi connectivity index (χ4n) is 0.665. The van der Waals surface area contributed by atoms with Crippen molar-refractivity contribution >= 4 is 40.0 Å². The molecule has 0 spiro atoms. The molecule has 0 amide bonds. The first-order chi connectivity index (χ1) is 7.24. The van der Waals surface area contributed by atoms with E-state index in [2.05, 4.69) is 6.92 Å². The molecule has 15 heavy (non-hydrogen) atoms. The van der Waals surface area contributed by atoms with Gasteiger partial charge in [-0.05, 0) is 61.3 Å². The van der Waals surface area contributed by atoms with Crippen molar-refractivity contribution in [2.45, 2.75) is 33.7 Å². The smallest absolute Gasteiger partial charge is 0.320 e. The van der Waals surface area contributed by atoms with Crippen LogP contribution in [0.25, 0.3) is 0 Å². The summed E-state index contributed by atoms with van der Waals surface area (Å²) in [6.07, 6.45) is 0. The number of hydrogen-bond donors (Lipinski definition) is 0. The molecule has 0 saturated heterocycles. The van der Waals surface area contributed by atoms with Crippen LogP contribution < -0.4 is 0 Å². The zero-order valence-electron chi connectivity index (χ0n) is 9.78. The molecule has 0 rings (SSSR count). The standard InChI is InChI=1S/C8H20O3S3Si/c1-5-9-12-15(8-4,13-10-6-2)14-11-7-3/h5-8H2,1-4H3. The van der Waals surface area contributed by atoms with E-state index in [0.29, 0.717) is 0 Å². The molecule has 0 fully saturated rings. The van der Waals surface area contributed by atoms with Gasteiger partial charge in [-0.3, -0.25) is 0 Å². The van der Waals surface area contributed by atoms with E-state index >= 15 is 0 Å². The maximum absolute atomic E-state index is 5.46. The van der Waals surface area contributed by atoms with Gasteiger partial charge in [-0.15, -0.1) is 0 Å². The maximum Gasteiger partial charge on any atom is 0.331 e. The minimum absolute atomic E-state index is 0.721. The SMILES string of the molecule is CCOS[Si](CC)(SOCC)SOCC. The summed E-state index contributed by atoms with van der Waals surface area (Å²) in [6, 6.07) is 1.05. The van der Waals surface area contributed by atoms with Crippen molar-refractivity contribution in [2.75, 3.05) is 19.8 Å². The molecule has 0 bridgehead atoms. The third-order valence-electron chi connectivity index (χ3n) is 1.34. The van der Waals surface area contributed by atoms with Gasteiger partial charge in [-0.2, -0.15) is 0 Å². The molecule has 0 aliphatic heterocycles. The highest BCUT2D eigenvalue weighted by atomic mass is 32.8. The average Bonchev–Trinajstić information content (AvgIpc) is 2.29. The van der Waals surface area contributed by atoms with Crippen molar-refractivity contribution in [1.29, 1.82) is 0 Å². The molecular weight excluding hydrogens is 268 g/mol. The van der Waals surface area contributed by atoms with Crippen molar-refractivity contribution in [3.63, 3.8) is 0 Å². The van der Waals surface area contributed by atoms with Crippen LogP contribution in [0, 0.1) is 0 Å². The molecule has 0 saturated carbocycles. The first-order valence-electron chi connectivity index (χ1n) is 5.16. The molecule has 0 heterocycles. The fourth-order valence-corrected chi connectivity index (χ4v) is 9.33. The van der Waals surface area contributed by atoms with Crippen LogP contribution in [0.2, 0.25) is 6.04 Å². The van der Waals surface area contributed by atoms with Gasteiger partial charge in [-0.1, -0.05) is 6.92 Å². The van der Waals surface area contributed by atoms with E-state index in [-0.39, 0.29) is 0 Å². The molecule has 0 radical (unpaired) electrons. The topological polar surface area (TPSA) is 27.7 Å². The molecule has 0 N–H and O–H groups in total. The van der Waals surface area contributed by atoms with Crippen molar-refractivity contribution in [3.05, 3.63) is 0 Å². The molecule has 92 valence electrons. The third kappa shape index (κ3) is 7.14. The maximum atomic E-state index is 5.46. The van der Waals surface area contributed by atoms with Crippen molar-refractivity contribution in [1.82, 2.24) is 0 Å². The van der Waals surface area contributed by atoms with Gasteiger partial charge in [0, 0.05) is 0 Å². The Morgan fingerprint density at radius 2 is 1.07 bits per heavy atom. The van der Waals surface area contributed by atoms with E-state index < -0.39 is 5.52 Å². The Bertz CT molecular complexity index is 129. The summed E-state index contributed by atoms with van der Waals surface area (Å²) in [6.45, 7) is 10.3. The summed E-state index contributed by atoms with van der Waals surface area (Å²) in [5.41, 5.74) is -1.75. The van der Waals surface area contributed by atoms with Gasteiger partial charge in [0.15, 0.2) is 0 Å². The first-order valence-corrected chi connectivity index (χ1v) is 11.8. The highest BCUT2D eigenvalue weighted by Crippen LogP contribution is 2.46. The van der Waals surface area contributed by atoms with Crippen LogP contribution in [0.3, 0.4) is 0 Å². The largest absolute Gasteiger partial charge is 0.331 e. The van der Waals surface area contributed by atoms with Crippen LogP contribution in [-0.2, 0) is 12.5 Å². The van der Waals surface area contributed by atoms with Crippen LogP contribution in [0.5, 0.6) is 0 Å². The summed E-state index contributed by atoms with van der Waals surface area (Å²) in [4.78, 5) is 0. The molecule has 0 aliphatic carbocycles. The van der Waals surface area contributed by atoms with Crippen LogP contribution >= 0.6 is 34.5 Å². The van der Waals surface area contributed by atoms with E-state index in [9.17, 15) is 0 Å². The lowest BCUT2D eigenvalue weighted by Gasteiger charge is -2.24. The normalized spacial score (nSPS) is 12.0. The van der Waals surface area contributed by atoms with E-state index in [4.69, 9.17) is 12.5 Å². The van der Waals surface area contributed by atoms with Gasteiger partial charge in [0.2, 0.25) is 0 Å². The quantitative estimate of drug-likeness (QED) is 0.445. The van der Waals surface area contributed by atoms with Crippen LogP contribution in [0.4, 0.5) is 0 Å². The van der Waals surface area contributed by atoms with Crippen molar-refractivity contribution < 1.29 is 12.5 Å². The predicted octanol–water partition coefficient (Wildman–Crippen LogP) is 4.00. The molecular formula is C8H20O3S3Si. The molecule has 0 atom stereocenters. The number of hydrogen-bond acceptors (Lipinski definition) is 6. The van der Waals surface area contributed by atoms with Crippen LogP contribution in [-0.4, -0.2) is 25.3 Å². The third-order valence-corrected chi connectivity index (χ3v) is 13.7. The van der Waals surface area contributed by atoms with E-state index in [1.807, 2.05) is 20.8 Å². The van der Waals surface area contributed by atoms with Gasteiger partial charge in [0.25, 0.3) is 0 Å². The molecule has 0 aromatic heterocycles. The second-order valence-electron chi connectivity index (χ2n) is 2.51. The Hall–Kier alpha value is 1.15. The van der Waals surface area contributed by atoms with E-state index in [1.54, 1.807) is 34.5 Å². The molecule has 0 aliphatic rings. The highest BCUT2D eigenvalue weighted by Gasteiger charge is 2.39. The summed E-state index contributed by atoms with van der Waals surface area (Å²) >= 11 is 4.69. The average molecular weight is 289 g/mol. The monoisotopic (exact) mass is 288 g/mol. The molecule has 0 aromatic rings. The zero-order chi connectivity index (χ0) is 11.6. The first kappa shape index (κ1) is 16.1. The highest BCUT2D eigenvalue weighted by molar-refractivity contribution is 8.78. The van der Waals surface area contributed by atoms with Gasteiger partial charge in [0.05, 0.1) is 19.8 Å². The second-order valence-corrected chi connectivity index (χ2v) is 15.9. The van der Waals surface area contributed by atoms with Crippen LogP contribution in [0.15, 0.2) is 0 Å². The Morgan fingerprint density at radius 3 is 1.27 bits per heavy atom. The molecule has 3 nitrogen and oxygen atoms in total. The lowest BCUT2D eigenvalue weighted by Crippen LogP contribution is -2.22. The summed E-state index contributed by atoms with van der Waals surface area (Å²) in [7, 11) is 0. The minimum Gasteiger partial charge on any atom is -0.320 e. The second kappa shape index (κ2) is 10.3. The lowest BCUT2D eigenvalue weighted by atomic mass is 10.9. The Labute approximate surface area is 106 Å². The molecule has 7 heteroatoms. The van der Waals surface area contributed by atoms with Gasteiger partial charge in [0.1, 0.15) is 0 Å². The lowest BCUT2D eigenvalue weighted by molar-refractivity contribution is 0.401. The molecule has 0 unspecified atom stereocenters. The van der Waals surface area contributed by atoms with Gasteiger partial charge in [-0.25, -0.2) is 0 Å². The van der Waals surface area contributed by atoms with E-state index in [0.717, 1.165) is 25.9 Å². The van der Waals surface area contributed by atoms with Gasteiger partial charge >= 0.3 is 5.52 Å². The Balaban J connectivity index is 4.16. The van der Waals surface area contributed by atoms with Crippen LogP contribution in [0.1, 0.15) is 27.7 Å². The zero-order valence-corrected chi connectivity index (χ0v) is 13.2. The van der Waals surface area contributed by atoms with Gasteiger partial charge < -0.3 is 12.5 Å². The van der Waals surface area contributed by atoms with Crippen molar-refractivity contribution in [3.8, 4) is 0 Å². The van der Waals surface area contributed by atoms with E-state index in [1.165, 1.54) is 0 Å². The minimum atomic E-state index is -1.75. The fraction of sp³-hybridized carbons (Fsp3) is 1.00. The predicted molar refractivity (Wildman–Crippen MR) is 73.9 cm³/mol. The Kier molecular flexibility index (Phi) is 11.1. The summed E-state index contributed by atoms with van der Waals surface area (Å²) < 4.78 is 16.4. The number of rotatable bonds is 10. The summed E-state index contributed by atoms with van der Waals surface area (Å²) in [5, 5.41) is 0. The summed E-state index contributed by atoms with van der Waals surface area (Å²) in [5.74, 6) is 0. The molecule has 0 aromatic carbocycles. The van der Waals surface area contributed by atoms with Crippen molar-refractivity contribution in [2.24, 2.45) is 0 Å².